The van der Waals surface area contributed by atoms with Crippen molar-refractivity contribution in [2.75, 3.05) is 5.32 Å². The maximum absolute atomic E-state index is 12.7. The summed E-state index contributed by atoms with van der Waals surface area (Å²) in [6, 6.07) is 8.55. The Hall–Kier alpha value is -3.86. The number of anilines is 1. The number of hydrogen-bond acceptors (Lipinski definition) is 6. The zero-order valence-electron chi connectivity index (χ0n) is 14.8. The Morgan fingerprint density at radius 2 is 2.11 bits per heavy atom. The maximum Gasteiger partial charge on any atom is 0.257 e. The van der Waals surface area contributed by atoms with Crippen molar-refractivity contribution in [3.63, 3.8) is 0 Å². The standard InChI is InChI=1S/C19H16N6O2/c1-12-13(2)23-18(16-10-21-6-7-22-16)25(19(12)27)11-17(26)24-15-5-3-4-14(8-15)9-20/h3-8,10H,11H2,1-2H3,(H,24,26). The van der Waals surface area contributed by atoms with Gasteiger partial charge in [-0.3, -0.25) is 19.1 Å². The molecule has 1 amide bonds. The molecule has 0 aliphatic rings. The Morgan fingerprint density at radius 3 is 2.81 bits per heavy atom. The van der Waals surface area contributed by atoms with Crippen molar-refractivity contribution in [1.82, 2.24) is 19.5 Å². The summed E-state index contributed by atoms with van der Waals surface area (Å²) in [6.45, 7) is 3.15. The minimum absolute atomic E-state index is 0.240. The van der Waals surface area contributed by atoms with E-state index in [0.29, 0.717) is 28.2 Å². The van der Waals surface area contributed by atoms with Gasteiger partial charge in [-0.25, -0.2) is 9.97 Å². The third-order valence-electron chi connectivity index (χ3n) is 4.01. The number of amides is 1. The highest BCUT2D eigenvalue weighted by Gasteiger charge is 2.17. The van der Waals surface area contributed by atoms with Crippen LogP contribution in [0.2, 0.25) is 0 Å². The molecule has 2 aromatic heterocycles. The minimum Gasteiger partial charge on any atom is -0.324 e. The predicted molar refractivity (Wildman–Crippen MR) is 98.8 cm³/mol. The van der Waals surface area contributed by atoms with E-state index in [1.807, 2.05) is 6.07 Å². The molecule has 0 unspecified atom stereocenters. The Kier molecular flexibility index (Phi) is 5.04. The van der Waals surface area contributed by atoms with Gasteiger partial charge in [0.1, 0.15) is 12.2 Å². The van der Waals surface area contributed by atoms with Gasteiger partial charge < -0.3 is 5.32 Å². The highest BCUT2D eigenvalue weighted by atomic mass is 16.2. The van der Waals surface area contributed by atoms with Crippen LogP contribution >= 0.6 is 0 Å². The van der Waals surface area contributed by atoms with Crippen molar-refractivity contribution in [3.05, 3.63) is 70.0 Å². The molecule has 134 valence electrons. The molecule has 0 saturated carbocycles. The number of benzene rings is 1. The molecule has 0 atom stereocenters. The van der Waals surface area contributed by atoms with E-state index < -0.39 is 5.91 Å². The molecule has 0 spiro atoms. The summed E-state index contributed by atoms with van der Waals surface area (Å²) in [7, 11) is 0. The fourth-order valence-corrected chi connectivity index (χ4v) is 2.52. The van der Waals surface area contributed by atoms with Gasteiger partial charge in [0.2, 0.25) is 5.91 Å². The smallest absolute Gasteiger partial charge is 0.257 e. The van der Waals surface area contributed by atoms with E-state index in [0.717, 1.165) is 0 Å². The van der Waals surface area contributed by atoms with Crippen molar-refractivity contribution < 1.29 is 4.79 Å². The van der Waals surface area contributed by atoms with Crippen LogP contribution in [0.1, 0.15) is 16.8 Å². The summed E-state index contributed by atoms with van der Waals surface area (Å²) in [5.41, 5.74) is 2.02. The van der Waals surface area contributed by atoms with E-state index in [4.69, 9.17) is 5.26 Å². The highest BCUT2D eigenvalue weighted by Crippen LogP contribution is 2.14. The highest BCUT2D eigenvalue weighted by molar-refractivity contribution is 5.91. The van der Waals surface area contributed by atoms with Crippen LogP contribution in [0.15, 0.2) is 47.7 Å². The SMILES string of the molecule is Cc1nc(-c2cnccn2)n(CC(=O)Nc2cccc(C#N)c2)c(=O)c1C. The monoisotopic (exact) mass is 360 g/mol. The van der Waals surface area contributed by atoms with Gasteiger partial charge in [0, 0.05) is 29.3 Å². The lowest BCUT2D eigenvalue weighted by Crippen LogP contribution is -2.32. The molecular weight excluding hydrogens is 344 g/mol. The van der Waals surface area contributed by atoms with E-state index in [1.165, 1.54) is 23.2 Å². The number of nitrogens with one attached hydrogen (secondary N) is 1. The summed E-state index contributed by atoms with van der Waals surface area (Å²) >= 11 is 0. The molecule has 8 heteroatoms. The van der Waals surface area contributed by atoms with Gasteiger partial charge in [-0.2, -0.15) is 5.26 Å². The van der Waals surface area contributed by atoms with E-state index in [9.17, 15) is 9.59 Å². The van der Waals surface area contributed by atoms with E-state index in [1.54, 1.807) is 38.1 Å². The topological polar surface area (TPSA) is 114 Å². The lowest BCUT2D eigenvalue weighted by molar-refractivity contribution is -0.116. The summed E-state index contributed by atoms with van der Waals surface area (Å²) in [4.78, 5) is 37.8. The molecular formula is C19H16N6O2. The molecule has 0 bridgehead atoms. The molecule has 0 radical (unpaired) electrons. The molecule has 0 aliphatic carbocycles. The Bertz CT molecular complexity index is 1100. The number of nitrogens with zero attached hydrogens (tertiary/aromatic N) is 5. The van der Waals surface area contributed by atoms with Crippen molar-refractivity contribution in [2.45, 2.75) is 20.4 Å². The molecule has 2 heterocycles. The van der Waals surface area contributed by atoms with Crippen LogP contribution in [0.3, 0.4) is 0 Å². The van der Waals surface area contributed by atoms with Crippen molar-refractivity contribution >= 4 is 11.6 Å². The third-order valence-corrected chi connectivity index (χ3v) is 4.01. The summed E-state index contributed by atoms with van der Waals surface area (Å²) in [5, 5.41) is 11.6. The number of aryl methyl sites for hydroxylation is 1. The predicted octanol–water partition coefficient (Wildman–Crippen LogP) is 1.83. The normalized spacial score (nSPS) is 10.3. The fourth-order valence-electron chi connectivity index (χ4n) is 2.52. The van der Waals surface area contributed by atoms with Crippen LogP contribution in [-0.2, 0) is 11.3 Å². The first-order valence-electron chi connectivity index (χ1n) is 8.14. The molecule has 8 nitrogen and oxygen atoms in total. The van der Waals surface area contributed by atoms with E-state index >= 15 is 0 Å². The number of aromatic nitrogens is 4. The number of hydrogen-bond donors (Lipinski definition) is 1. The second kappa shape index (κ2) is 7.58. The molecule has 3 aromatic rings. The zero-order chi connectivity index (χ0) is 19.4. The van der Waals surface area contributed by atoms with Gasteiger partial charge in [-0.15, -0.1) is 0 Å². The first-order chi connectivity index (χ1) is 13.0. The lowest BCUT2D eigenvalue weighted by atomic mass is 10.2. The first-order valence-corrected chi connectivity index (χ1v) is 8.14. The molecule has 27 heavy (non-hydrogen) atoms. The van der Waals surface area contributed by atoms with Gasteiger partial charge >= 0.3 is 0 Å². The number of carbonyl (C=O) groups is 1. The van der Waals surface area contributed by atoms with E-state index in [2.05, 4.69) is 20.3 Å². The first kappa shape index (κ1) is 17.9. The average Bonchev–Trinajstić information content (AvgIpc) is 2.69. The Morgan fingerprint density at radius 1 is 1.30 bits per heavy atom. The van der Waals surface area contributed by atoms with Crippen molar-refractivity contribution in [2.24, 2.45) is 0 Å². The number of rotatable bonds is 4. The number of nitriles is 1. The van der Waals surface area contributed by atoms with Crippen LogP contribution < -0.4 is 10.9 Å². The Labute approximate surface area is 155 Å². The van der Waals surface area contributed by atoms with Crippen molar-refractivity contribution in [1.29, 1.82) is 5.26 Å². The summed E-state index contributed by atoms with van der Waals surface area (Å²) < 4.78 is 1.27. The second-order valence-corrected chi connectivity index (χ2v) is 5.87. The largest absolute Gasteiger partial charge is 0.324 e. The lowest BCUT2D eigenvalue weighted by Gasteiger charge is -2.14. The molecule has 0 saturated heterocycles. The van der Waals surface area contributed by atoms with Crippen molar-refractivity contribution in [3.8, 4) is 17.6 Å². The van der Waals surface area contributed by atoms with Crippen LogP contribution in [0, 0.1) is 25.2 Å². The molecule has 1 N–H and O–H groups in total. The Balaban J connectivity index is 1.96. The third kappa shape index (κ3) is 3.88. The second-order valence-electron chi connectivity index (χ2n) is 5.87. The van der Waals surface area contributed by atoms with Gasteiger partial charge in [0.05, 0.1) is 17.8 Å². The zero-order valence-corrected chi connectivity index (χ0v) is 14.8. The van der Waals surface area contributed by atoms with Gasteiger partial charge in [0.25, 0.3) is 5.56 Å². The molecule has 0 fully saturated rings. The van der Waals surface area contributed by atoms with Gasteiger partial charge in [-0.05, 0) is 32.0 Å². The molecule has 1 aromatic carbocycles. The van der Waals surface area contributed by atoms with Crippen LogP contribution in [0.25, 0.3) is 11.5 Å². The van der Waals surface area contributed by atoms with Gasteiger partial charge in [0.15, 0.2) is 5.82 Å². The molecule has 3 rings (SSSR count). The van der Waals surface area contributed by atoms with E-state index in [-0.39, 0.29) is 17.9 Å². The summed E-state index contributed by atoms with van der Waals surface area (Å²) in [6.07, 6.45) is 4.50. The number of carbonyl (C=O) groups excluding carboxylic acids is 1. The van der Waals surface area contributed by atoms with Crippen LogP contribution in [0.5, 0.6) is 0 Å². The van der Waals surface area contributed by atoms with Crippen LogP contribution in [-0.4, -0.2) is 25.4 Å². The maximum atomic E-state index is 12.7. The fraction of sp³-hybridized carbons (Fsp3) is 0.158. The molecule has 0 aliphatic heterocycles. The average molecular weight is 360 g/mol. The summed E-state index contributed by atoms with van der Waals surface area (Å²) in [5.74, 6) is -0.139. The van der Waals surface area contributed by atoms with Crippen LogP contribution in [0.4, 0.5) is 5.69 Å². The quantitative estimate of drug-likeness (QED) is 0.759. The van der Waals surface area contributed by atoms with Gasteiger partial charge in [-0.1, -0.05) is 6.07 Å². The minimum atomic E-state index is -0.414.